The van der Waals surface area contributed by atoms with Crippen LogP contribution in [0, 0.1) is 11.6 Å². The van der Waals surface area contributed by atoms with E-state index in [0.717, 1.165) is 17.7 Å². The van der Waals surface area contributed by atoms with Gasteiger partial charge in [0.15, 0.2) is 11.5 Å². The van der Waals surface area contributed by atoms with E-state index in [2.05, 4.69) is 5.32 Å². The Morgan fingerprint density at radius 1 is 1.05 bits per heavy atom. The first-order chi connectivity index (χ1) is 10.5. The molecule has 0 spiro atoms. The highest BCUT2D eigenvalue weighted by atomic mass is 19.1. The standard InChI is InChI=1S/C16H15F2NO3/c1-21-14-6-3-10(7-15(14)22-2)9-19-16(20)12-5-4-11(17)8-13(12)18/h3-8H,9H2,1-2H3,(H,19,20). The lowest BCUT2D eigenvalue weighted by Crippen LogP contribution is -2.23. The first kappa shape index (κ1) is 15.8. The van der Waals surface area contributed by atoms with Crippen molar-refractivity contribution in [2.75, 3.05) is 14.2 Å². The van der Waals surface area contributed by atoms with Crippen molar-refractivity contribution >= 4 is 5.91 Å². The molecule has 1 amide bonds. The van der Waals surface area contributed by atoms with Crippen LogP contribution in [-0.4, -0.2) is 20.1 Å². The van der Waals surface area contributed by atoms with Crippen LogP contribution in [0.5, 0.6) is 11.5 Å². The van der Waals surface area contributed by atoms with E-state index < -0.39 is 17.5 Å². The van der Waals surface area contributed by atoms with E-state index in [4.69, 9.17) is 9.47 Å². The van der Waals surface area contributed by atoms with Crippen LogP contribution < -0.4 is 14.8 Å². The molecule has 0 fully saturated rings. The highest BCUT2D eigenvalue weighted by Gasteiger charge is 2.12. The molecular formula is C16H15F2NO3. The number of benzene rings is 2. The molecule has 6 heteroatoms. The van der Waals surface area contributed by atoms with Gasteiger partial charge in [-0.15, -0.1) is 0 Å². The number of ether oxygens (including phenoxy) is 2. The summed E-state index contributed by atoms with van der Waals surface area (Å²) < 4.78 is 36.6. The van der Waals surface area contributed by atoms with Gasteiger partial charge in [0, 0.05) is 12.6 Å². The van der Waals surface area contributed by atoms with E-state index in [-0.39, 0.29) is 12.1 Å². The Morgan fingerprint density at radius 2 is 1.77 bits per heavy atom. The number of halogens is 2. The number of carbonyl (C=O) groups is 1. The van der Waals surface area contributed by atoms with Crippen LogP contribution >= 0.6 is 0 Å². The second kappa shape index (κ2) is 6.89. The summed E-state index contributed by atoms with van der Waals surface area (Å²) in [5.41, 5.74) is 0.551. The molecule has 0 aliphatic carbocycles. The number of amides is 1. The van der Waals surface area contributed by atoms with E-state index in [1.165, 1.54) is 14.2 Å². The fourth-order valence-electron chi connectivity index (χ4n) is 1.94. The molecule has 2 aromatic carbocycles. The van der Waals surface area contributed by atoms with Crippen molar-refractivity contribution in [1.29, 1.82) is 0 Å². The molecule has 0 heterocycles. The molecule has 0 unspecified atom stereocenters. The Balaban J connectivity index is 2.08. The molecule has 22 heavy (non-hydrogen) atoms. The SMILES string of the molecule is COc1ccc(CNC(=O)c2ccc(F)cc2F)cc1OC. The molecule has 0 saturated heterocycles. The van der Waals surface area contributed by atoms with Gasteiger partial charge in [-0.2, -0.15) is 0 Å². The number of hydrogen-bond donors (Lipinski definition) is 1. The predicted octanol–water partition coefficient (Wildman–Crippen LogP) is 2.91. The zero-order valence-corrected chi connectivity index (χ0v) is 12.2. The molecule has 0 aliphatic heterocycles. The Bertz CT molecular complexity index is 689. The fourth-order valence-corrected chi connectivity index (χ4v) is 1.94. The minimum absolute atomic E-state index is 0.177. The molecule has 0 radical (unpaired) electrons. The van der Waals surface area contributed by atoms with E-state index in [1.54, 1.807) is 18.2 Å². The van der Waals surface area contributed by atoms with Crippen LogP contribution in [0.1, 0.15) is 15.9 Å². The maximum Gasteiger partial charge on any atom is 0.254 e. The minimum Gasteiger partial charge on any atom is -0.493 e. The summed E-state index contributed by atoms with van der Waals surface area (Å²) in [7, 11) is 3.03. The number of methoxy groups -OCH3 is 2. The number of rotatable bonds is 5. The van der Waals surface area contributed by atoms with Gasteiger partial charge >= 0.3 is 0 Å². The lowest BCUT2D eigenvalue weighted by Gasteiger charge is -2.10. The molecule has 0 atom stereocenters. The van der Waals surface area contributed by atoms with Crippen molar-refractivity contribution < 1.29 is 23.0 Å². The molecule has 0 bridgehead atoms. The molecule has 1 N–H and O–H groups in total. The first-order valence-corrected chi connectivity index (χ1v) is 6.49. The summed E-state index contributed by atoms with van der Waals surface area (Å²) in [4.78, 5) is 11.9. The smallest absolute Gasteiger partial charge is 0.254 e. The van der Waals surface area contributed by atoms with Gasteiger partial charge in [0.25, 0.3) is 5.91 Å². The number of nitrogens with one attached hydrogen (secondary N) is 1. The van der Waals surface area contributed by atoms with Gasteiger partial charge in [-0.25, -0.2) is 8.78 Å². The molecule has 0 aliphatic rings. The molecule has 116 valence electrons. The van der Waals surface area contributed by atoms with Gasteiger partial charge in [0.2, 0.25) is 0 Å². The predicted molar refractivity (Wildman–Crippen MR) is 77.1 cm³/mol. The maximum absolute atomic E-state index is 13.5. The van der Waals surface area contributed by atoms with Crippen LogP contribution in [0.25, 0.3) is 0 Å². The Labute approximate surface area is 126 Å². The Hall–Kier alpha value is -2.63. The maximum atomic E-state index is 13.5. The Kier molecular flexibility index (Phi) is 4.93. The van der Waals surface area contributed by atoms with Gasteiger partial charge in [0.05, 0.1) is 19.8 Å². The molecule has 4 nitrogen and oxygen atoms in total. The topological polar surface area (TPSA) is 47.6 Å². The van der Waals surface area contributed by atoms with Gasteiger partial charge < -0.3 is 14.8 Å². The van der Waals surface area contributed by atoms with Crippen LogP contribution in [0.4, 0.5) is 8.78 Å². The fraction of sp³-hybridized carbons (Fsp3) is 0.188. The van der Waals surface area contributed by atoms with E-state index in [0.29, 0.717) is 17.6 Å². The van der Waals surface area contributed by atoms with Crippen LogP contribution in [0.2, 0.25) is 0 Å². The van der Waals surface area contributed by atoms with Crippen molar-refractivity contribution in [2.24, 2.45) is 0 Å². The number of hydrogen-bond acceptors (Lipinski definition) is 3. The van der Waals surface area contributed by atoms with Crippen LogP contribution in [0.15, 0.2) is 36.4 Å². The molecule has 0 saturated carbocycles. The molecule has 0 aromatic heterocycles. The summed E-state index contributed by atoms with van der Waals surface area (Å²) >= 11 is 0. The lowest BCUT2D eigenvalue weighted by molar-refractivity contribution is 0.0946. The van der Waals surface area contributed by atoms with Crippen molar-refractivity contribution in [3.8, 4) is 11.5 Å². The quantitative estimate of drug-likeness (QED) is 0.924. The van der Waals surface area contributed by atoms with Crippen LogP contribution in [0.3, 0.4) is 0 Å². The zero-order valence-electron chi connectivity index (χ0n) is 12.2. The van der Waals surface area contributed by atoms with Crippen molar-refractivity contribution in [3.63, 3.8) is 0 Å². The second-order valence-electron chi connectivity index (χ2n) is 4.50. The molecule has 2 aromatic rings. The second-order valence-corrected chi connectivity index (χ2v) is 4.50. The summed E-state index contributed by atoms with van der Waals surface area (Å²) in [5.74, 6) is -1.14. The normalized spacial score (nSPS) is 10.2. The monoisotopic (exact) mass is 307 g/mol. The Morgan fingerprint density at radius 3 is 2.41 bits per heavy atom. The third-order valence-electron chi connectivity index (χ3n) is 3.08. The summed E-state index contributed by atoms with van der Waals surface area (Å²) in [5, 5.41) is 2.57. The van der Waals surface area contributed by atoms with Crippen LogP contribution in [-0.2, 0) is 6.54 Å². The third-order valence-corrected chi connectivity index (χ3v) is 3.08. The van der Waals surface area contributed by atoms with Gasteiger partial charge in [-0.05, 0) is 29.8 Å². The summed E-state index contributed by atoms with van der Waals surface area (Å²) in [6.07, 6.45) is 0. The van der Waals surface area contributed by atoms with Gasteiger partial charge in [0.1, 0.15) is 11.6 Å². The lowest BCUT2D eigenvalue weighted by atomic mass is 10.1. The van der Waals surface area contributed by atoms with Gasteiger partial charge in [-0.3, -0.25) is 4.79 Å². The highest BCUT2D eigenvalue weighted by Crippen LogP contribution is 2.27. The minimum atomic E-state index is -0.898. The molecule has 2 rings (SSSR count). The van der Waals surface area contributed by atoms with Crippen molar-refractivity contribution in [3.05, 3.63) is 59.2 Å². The van der Waals surface area contributed by atoms with Crippen molar-refractivity contribution in [1.82, 2.24) is 5.32 Å². The average molecular weight is 307 g/mol. The summed E-state index contributed by atoms with van der Waals surface area (Å²) in [6, 6.07) is 7.98. The van der Waals surface area contributed by atoms with Crippen molar-refractivity contribution in [2.45, 2.75) is 6.54 Å². The first-order valence-electron chi connectivity index (χ1n) is 6.49. The zero-order chi connectivity index (χ0) is 16.1. The van der Waals surface area contributed by atoms with E-state index in [1.807, 2.05) is 0 Å². The third kappa shape index (κ3) is 3.52. The van der Waals surface area contributed by atoms with E-state index >= 15 is 0 Å². The average Bonchev–Trinajstić information content (AvgIpc) is 2.52. The van der Waals surface area contributed by atoms with Gasteiger partial charge in [-0.1, -0.05) is 6.07 Å². The molecular weight excluding hydrogens is 292 g/mol. The number of carbonyl (C=O) groups excluding carboxylic acids is 1. The largest absolute Gasteiger partial charge is 0.493 e. The van der Waals surface area contributed by atoms with E-state index in [9.17, 15) is 13.6 Å². The summed E-state index contributed by atoms with van der Waals surface area (Å²) in [6.45, 7) is 0.177. The highest BCUT2D eigenvalue weighted by molar-refractivity contribution is 5.94.